The van der Waals surface area contributed by atoms with Crippen LogP contribution in [-0.4, -0.2) is 23.0 Å². The maximum atomic E-state index is 11.3. The largest absolute Gasteiger partial charge is 0.478 e. The molecule has 0 bridgehead atoms. The summed E-state index contributed by atoms with van der Waals surface area (Å²) in [5.41, 5.74) is 5.69. The van der Waals surface area contributed by atoms with E-state index in [0.717, 1.165) is 3.57 Å². The number of anilines is 1. The topological polar surface area (TPSA) is 92.4 Å². The van der Waals surface area contributed by atoms with Crippen LogP contribution in [0.15, 0.2) is 18.2 Å². The minimum absolute atomic E-state index is 0.0564. The number of aromatic carboxylic acids is 1. The number of carboxylic acid groups (broad SMARTS) is 1. The van der Waals surface area contributed by atoms with Gasteiger partial charge in [0.25, 0.3) is 0 Å². The van der Waals surface area contributed by atoms with E-state index in [1.54, 1.807) is 12.1 Å². The minimum atomic E-state index is -1.08. The van der Waals surface area contributed by atoms with Gasteiger partial charge in [0.15, 0.2) is 0 Å². The number of carbonyl (C=O) groups is 2. The Morgan fingerprint density at radius 2 is 2.12 bits per heavy atom. The first kappa shape index (κ1) is 12.9. The Morgan fingerprint density at radius 1 is 1.50 bits per heavy atom. The van der Waals surface area contributed by atoms with Crippen LogP contribution in [0.5, 0.6) is 0 Å². The summed E-state index contributed by atoms with van der Waals surface area (Å²) in [5.74, 6) is -1.50. The van der Waals surface area contributed by atoms with Gasteiger partial charge in [-0.3, -0.25) is 4.79 Å². The van der Waals surface area contributed by atoms with Gasteiger partial charge in [0.2, 0.25) is 5.91 Å². The molecular formula is C10H11IN2O3. The number of nitrogens with one attached hydrogen (secondary N) is 1. The van der Waals surface area contributed by atoms with Crippen LogP contribution in [0.4, 0.5) is 5.69 Å². The third-order valence-electron chi connectivity index (χ3n) is 1.88. The van der Waals surface area contributed by atoms with E-state index < -0.39 is 17.9 Å². The molecule has 0 unspecified atom stereocenters. The van der Waals surface area contributed by atoms with Gasteiger partial charge in [0.1, 0.15) is 0 Å². The van der Waals surface area contributed by atoms with Crippen molar-refractivity contribution in [3.05, 3.63) is 27.3 Å². The Bertz CT molecular complexity index is 432. The average Bonchev–Trinajstić information content (AvgIpc) is 2.20. The van der Waals surface area contributed by atoms with Crippen LogP contribution in [0.25, 0.3) is 0 Å². The number of carboxylic acids is 1. The van der Waals surface area contributed by atoms with E-state index in [4.69, 9.17) is 10.8 Å². The number of carbonyl (C=O) groups excluding carboxylic acids is 1. The Morgan fingerprint density at radius 3 is 2.62 bits per heavy atom. The fourth-order valence-electron chi connectivity index (χ4n) is 1.05. The normalized spacial score (nSPS) is 11.9. The van der Waals surface area contributed by atoms with Crippen LogP contribution < -0.4 is 11.1 Å². The molecule has 16 heavy (non-hydrogen) atoms. The molecule has 86 valence electrons. The fourth-order valence-corrected chi connectivity index (χ4v) is 1.54. The third kappa shape index (κ3) is 3.17. The molecule has 0 fully saturated rings. The molecule has 0 radical (unpaired) electrons. The van der Waals surface area contributed by atoms with Crippen LogP contribution in [-0.2, 0) is 4.79 Å². The predicted octanol–water partition coefficient (Wildman–Crippen LogP) is 1.28. The molecule has 0 aliphatic heterocycles. The lowest BCUT2D eigenvalue weighted by atomic mass is 10.1. The summed E-state index contributed by atoms with van der Waals surface area (Å²) in [6, 6.07) is 4.07. The van der Waals surface area contributed by atoms with Gasteiger partial charge in [0, 0.05) is 3.57 Å². The summed E-state index contributed by atoms with van der Waals surface area (Å²) in [6.45, 7) is 1.53. The molecular weight excluding hydrogens is 323 g/mol. The van der Waals surface area contributed by atoms with E-state index >= 15 is 0 Å². The van der Waals surface area contributed by atoms with E-state index in [-0.39, 0.29) is 11.3 Å². The molecule has 1 aromatic carbocycles. The molecule has 0 heterocycles. The van der Waals surface area contributed by atoms with Crippen molar-refractivity contribution < 1.29 is 14.7 Å². The fraction of sp³-hybridized carbons (Fsp3) is 0.200. The highest BCUT2D eigenvalue weighted by atomic mass is 127. The van der Waals surface area contributed by atoms with Gasteiger partial charge in [-0.05, 0) is 47.7 Å². The maximum Gasteiger partial charge on any atom is 0.337 e. The van der Waals surface area contributed by atoms with Gasteiger partial charge in [-0.15, -0.1) is 0 Å². The Hall–Kier alpha value is -1.15. The van der Waals surface area contributed by atoms with Crippen LogP contribution in [0.1, 0.15) is 17.3 Å². The number of halogens is 1. The molecule has 0 aliphatic rings. The lowest BCUT2D eigenvalue weighted by molar-refractivity contribution is -0.117. The van der Waals surface area contributed by atoms with Crippen molar-refractivity contribution in [2.24, 2.45) is 5.73 Å². The summed E-state index contributed by atoms with van der Waals surface area (Å²) in [4.78, 5) is 22.3. The Balaban J connectivity index is 3.04. The van der Waals surface area contributed by atoms with Crippen molar-refractivity contribution in [3.63, 3.8) is 0 Å². The first-order chi connectivity index (χ1) is 7.41. The molecule has 6 heteroatoms. The molecule has 0 aliphatic carbocycles. The summed E-state index contributed by atoms with van der Waals surface area (Å²) in [5, 5.41) is 11.4. The highest BCUT2D eigenvalue weighted by Crippen LogP contribution is 2.19. The number of hydrogen-bond donors (Lipinski definition) is 3. The monoisotopic (exact) mass is 334 g/mol. The second-order valence-electron chi connectivity index (χ2n) is 3.27. The standard InChI is InChI=1S/C10H11IN2O3/c1-5(12)9(14)13-8-3-2-6(11)4-7(8)10(15)16/h2-5H,12H2,1H3,(H,13,14)(H,15,16)/t5-/m1/s1. The molecule has 1 amide bonds. The molecule has 1 rings (SSSR count). The van der Waals surface area contributed by atoms with Crippen molar-refractivity contribution in [2.75, 3.05) is 5.32 Å². The molecule has 4 N–H and O–H groups in total. The zero-order valence-electron chi connectivity index (χ0n) is 8.53. The van der Waals surface area contributed by atoms with Crippen molar-refractivity contribution in [2.45, 2.75) is 13.0 Å². The van der Waals surface area contributed by atoms with Gasteiger partial charge in [-0.25, -0.2) is 4.79 Å². The van der Waals surface area contributed by atoms with E-state index in [1.165, 1.54) is 13.0 Å². The van der Waals surface area contributed by atoms with Crippen LogP contribution in [0, 0.1) is 3.57 Å². The number of nitrogens with two attached hydrogens (primary N) is 1. The lowest BCUT2D eigenvalue weighted by Gasteiger charge is -2.10. The lowest BCUT2D eigenvalue weighted by Crippen LogP contribution is -2.33. The number of amides is 1. The zero-order valence-corrected chi connectivity index (χ0v) is 10.7. The molecule has 0 spiro atoms. The second-order valence-corrected chi connectivity index (χ2v) is 4.52. The highest BCUT2D eigenvalue weighted by molar-refractivity contribution is 14.1. The Kier molecular flexibility index (Phi) is 4.25. The first-order valence-electron chi connectivity index (χ1n) is 4.51. The number of benzene rings is 1. The summed E-state index contributed by atoms with van der Waals surface area (Å²) < 4.78 is 0.786. The van der Waals surface area contributed by atoms with E-state index in [9.17, 15) is 9.59 Å². The highest BCUT2D eigenvalue weighted by Gasteiger charge is 2.14. The van der Waals surface area contributed by atoms with Crippen LogP contribution in [0.2, 0.25) is 0 Å². The maximum absolute atomic E-state index is 11.3. The van der Waals surface area contributed by atoms with Crippen molar-refractivity contribution >= 4 is 40.2 Å². The zero-order chi connectivity index (χ0) is 12.3. The average molecular weight is 334 g/mol. The molecule has 0 saturated carbocycles. The van der Waals surface area contributed by atoms with Crippen LogP contribution >= 0.6 is 22.6 Å². The summed E-state index contributed by atoms with van der Waals surface area (Å²) in [7, 11) is 0. The molecule has 1 atom stereocenters. The Labute approximate surface area is 106 Å². The van der Waals surface area contributed by atoms with E-state index in [0.29, 0.717) is 0 Å². The molecule has 1 aromatic rings. The molecule has 5 nitrogen and oxygen atoms in total. The van der Waals surface area contributed by atoms with Gasteiger partial charge in [-0.1, -0.05) is 0 Å². The smallest absolute Gasteiger partial charge is 0.337 e. The van der Waals surface area contributed by atoms with Gasteiger partial charge in [0.05, 0.1) is 17.3 Å². The third-order valence-corrected chi connectivity index (χ3v) is 2.55. The number of rotatable bonds is 3. The summed E-state index contributed by atoms with van der Waals surface area (Å²) in [6.07, 6.45) is 0. The summed E-state index contributed by atoms with van der Waals surface area (Å²) >= 11 is 2.00. The minimum Gasteiger partial charge on any atom is -0.478 e. The second kappa shape index (κ2) is 5.26. The number of hydrogen-bond acceptors (Lipinski definition) is 3. The SMILES string of the molecule is C[C@@H](N)C(=O)Nc1ccc(I)cc1C(=O)O. The van der Waals surface area contributed by atoms with E-state index in [1.807, 2.05) is 22.6 Å². The van der Waals surface area contributed by atoms with Gasteiger partial charge >= 0.3 is 5.97 Å². The predicted molar refractivity (Wildman–Crippen MR) is 68.4 cm³/mol. The van der Waals surface area contributed by atoms with Gasteiger partial charge < -0.3 is 16.2 Å². The van der Waals surface area contributed by atoms with Crippen molar-refractivity contribution in [1.29, 1.82) is 0 Å². The van der Waals surface area contributed by atoms with Crippen molar-refractivity contribution in [3.8, 4) is 0 Å². The van der Waals surface area contributed by atoms with Crippen LogP contribution in [0.3, 0.4) is 0 Å². The van der Waals surface area contributed by atoms with Gasteiger partial charge in [-0.2, -0.15) is 0 Å². The quantitative estimate of drug-likeness (QED) is 0.726. The van der Waals surface area contributed by atoms with E-state index in [2.05, 4.69) is 5.32 Å². The molecule has 0 aromatic heterocycles. The molecule has 0 saturated heterocycles. The first-order valence-corrected chi connectivity index (χ1v) is 5.59. The van der Waals surface area contributed by atoms with Crippen molar-refractivity contribution in [1.82, 2.24) is 0 Å².